The van der Waals surface area contributed by atoms with E-state index in [1.54, 1.807) is 37.3 Å². The molecule has 0 spiro atoms. The molecule has 0 fully saturated rings. The normalized spacial score (nSPS) is 11.6. The molecule has 12 heteroatoms. The van der Waals surface area contributed by atoms with E-state index in [0.717, 1.165) is 16.7 Å². The summed E-state index contributed by atoms with van der Waals surface area (Å²) >= 11 is 12.3. The van der Waals surface area contributed by atoms with Gasteiger partial charge < -0.3 is 5.32 Å². The first-order valence-electron chi connectivity index (χ1n) is 11.9. The zero-order valence-electron chi connectivity index (χ0n) is 21.6. The molecule has 4 aromatic rings. The van der Waals surface area contributed by atoms with Crippen LogP contribution in [0.2, 0.25) is 10.0 Å². The number of carbonyl (C=O) groups is 1. The van der Waals surface area contributed by atoms with Gasteiger partial charge in [0, 0.05) is 22.0 Å². The number of sulfonamides is 2. The van der Waals surface area contributed by atoms with Crippen molar-refractivity contribution < 1.29 is 21.6 Å². The lowest BCUT2D eigenvalue weighted by Gasteiger charge is -2.13. The third kappa shape index (κ3) is 6.76. The topological polar surface area (TPSA) is 121 Å². The van der Waals surface area contributed by atoms with Crippen LogP contribution in [0, 0.1) is 20.8 Å². The van der Waals surface area contributed by atoms with Crippen LogP contribution in [-0.4, -0.2) is 22.7 Å². The maximum atomic E-state index is 13.1. The van der Waals surface area contributed by atoms with E-state index in [0.29, 0.717) is 22.1 Å². The fourth-order valence-corrected chi connectivity index (χ4v) is 6.46. The van der Waals surface area contributed by atoms with Crippen LogP contribution in [0.5, 0.6) is 0 Å². The number of nitrogens with one attached hydrogen (secondary N) is 3. The number of anilines is 3. The Hall–Kier alpha value is -3.57. The second kappa shape index (κ2) is 11.5. The molecule has 8 nitrogen and oxygen atoms in total. The Morgan fingerprint density at radius 2 is 1.18 bits per heavy atom. The van der Waals surface area contributed by atoms with Crippen LogP contribution in [0.1, 0.15) is 27.0 Å². The fraction of sp³-hybridized carbons (Fsp3) is 0.107. The Balaban J connectivity index is 1.50. The van der Waals surface area contributed by atoms with Crippen molar-refractivity contribution in [1.82, 2.24) is 0 Å². The highest BCUT2D eigenvalue weighted by Crippen LogP contribution is 2.27. The first kappa shape index (κ1) is 29.4. The van der Waals surface area contributed by atoms with Gasteiger partial charge in [0.1, 0.15) is 4.90 Å². The monoisotopic (exact) mass is 617 g/mol. The van der Waals surface area contributed by atoms with Crippen molar-refractivity contribution in [3.05, 3.63) is 111 Å². The SMILES string of the molecule is Cc1ccc(NS(=O)(=O)c2cc(C(=O)Nc3ccc(S(=O)(=O)Nc4ccc(C)c(Cl)c4)cc3)ccc2Cl)cc1C. The first-order valence-corrected chi connectivity index (χ1v) is 15.6. The second-order valence-corrected chi connectivity index (χ2v) is 13.2. The lowest BCUT2D eigenvalue weighted by Crippen LogP contribution is -2.17. The standard InChI is InChI=1S/C28H25Cl2N3O5S2/c1-17-4-7-22(14-19(17)3)33-40(37,38)27-15-20(6-13-25(27)29)28(34)31-21-9-11-24(12-10-21)39(35,36)32-23-8-5-18(2)26(30)16-23/h4-16,32-33H,1-3H3,(H,31,34). The third-order valence-electron chi connectivity index (χ3n) is 6.09. The van der Waals surface area contributed by atoms with Gasteiger partial charge in [-0.25, -0.2) is 16.8 Å². The van der Waals surface area contributed by atoms with Crippen molar-refractivity contribution >= 4 is 66.2 Å². The highest BCUT2D eigenvalue weighted by Gasteiger charge is 2.21. The molecule has 0 aliphatic heterocycles. The third-order valence-corrected chi connectivity index (χ3v) is 9.76. The molecule has 4 rings (SSSR count). The number of benzene rings is 4. The molecule has 208 valence electrons. The van der Waals surface area contributed by atoms with Crippen LogP contribution >= 0.6 is 23.2 Å². The molecule has 3 N–H and O–H groups in total. The molecule has 0 aromatic heterocycles. The number of aryl methyl sites for hydroxylation is 3. The summed E-state index contributed by atoms with van der Waals surface area (Å²) in [4.78, 5) is 12.6. The highest BCUT2D eigenvalue weighted by atomic mass is 35.5. The van der Waals surface area contributed by atoms with Crippen LogP contribution < -0.4 is 14.8 Å². The van der Waals surface area contributed by atoms with Crippen LogP contribution in [0.15, 0.2) is 88.7 Å². The van der Waals surface area contributed by atoms with Gasteiger partial charge in [-0.3, -0.25) is 14.2 Å². The molecule has 4 aromatic carbocycles. The minimum Gasteiger partial charge on any atom is -0.322 e. The molecular formula is C28H25Cl2N3O5S2. The molecule has 0 radical (unpaired) electrons. The Morgan fingerprint density at radius 3 is 1.80 bits per heavy atom. The van der Waals surface area contributed by atoms with Crippen LogP contribution in [0.4, 0.5) is 17.1 Å². The van der Waals surface area contributed by atoms with Gasteiger partial charge in [-0.05, 0) is 104 Å². The lowest BCUT2D eigenvalue weighted by molar-refractivity contribution is 0.102. The van der Waals surface area contributed by atoms with E-state index in [1.165, 1.54) is 48.5 Å². The van der Waals surface area contributed by atoms with Crippen molar-refractivity contribution in [3.8, 4) is 0 Å². The van der Waals surface area contributed by atoms with E-state index in [9.17, 15) is 21.6 Å². The van der Waals surface area contributed by atoms with Gasteiger partial charge in [0.05, 0.1) is 15.6 Å². The van der Waals surface area contributed by atoms with Gasteiger partial charge in [0.2, 0.25) is 0 Å². The number of halogens is 2. The Labute approximate surface area is 243 Å². The van der Waals surface area contributed by atoms with Crippen LogP contribution in [-0.2, 0) is 20.0 Å². The number of hydrogen-bond acceptors (Lipinski definition) is 5. The average molecular weight is 619 g/mol. The molecule has 40 heavy (non-hydrogen) atoms. The molecule has 0 saturated heterocycles. The van der Waals surface area contributed by atoms with Crippen molar-refractivity contribution in [3.63, 3.8) is 0 Å². The summed E-state index contributed by atoms with van der Waals surface area (Å²) in [5.41, 5.74) is 3.76. The largest absolute Gasteiger partial charge is 0.322 e. The van der Waals surface area contributed by atoms with Gasteiger partial charge in [0.15, 0.2) is 0 Å². The maximum absolute atomic E-state index is 13.1. The smallest absolute Gasteiger partial charge is 0.263 e. The number of hydrogen-bond donors (Lipinski definition) is 3. The molecule has 0 aliphatic carbocycles. The predicted octanol–water partition coefficient (Wildman–Crippen LogP) is 6.77. The molecule has 0 aliphatic rings. The van der Waals surface area contributed by atoms with Crippen molar-refractivity contribution in [2.24, 2.45) is 0 Å². The highest BCUT2D eigenvalue weighted by molar-refractivity contribution is 7.93. The molecule has 0 heterocycles. The number of carbonyl (C=O) groups excluding carboxylic acids is 1. The molecule has 0 bridgehead atoms. The van der Waals surface area contributed by atoms with E-state index in [1.807, 2.05) is 13.8 Å². The minimum absolute atomic E-state index is 0.0283. The molecule has 0 saturated carbocycles. The fourth-order valence-electron chi connectivity index (χ4n) is 3.66. The average Bonchev–Trinajstić information content (AvgIpc) is 2.88. The Morgan fingerprint density at radius 1 is 0.600 bits per heavy atom. The van der Waals surface area contributed by atoms with Gasteiger partial charge in [-0.2, -0.15) is 0 Å². The first-order chi connectivity index (χ1) is 18.7. The number of rotatable bonds is 8. The van der Waals surface area contributed by atoms with Crippen molar-refractivity contribution in [2.75, 3.05) is 14.8 Å². The van der Waals surface area contributed by atoms with E-state index in [4.69, 9.17) is 23.2 Å². The van der Waals surface area contributed by atoms with Crippen molar-refractivity contribution in [1.29, 1.82) is 0 Å². The maximum Gasteiger partial charge on any atom is 0.263 e. The quantitative estimate of drug-likeness (QED) is 0.201. The van der Waals surface area contributed by atoms with Gasteiger partial charge >= 0.3 is 0 Å². The predicted molar refractivity (Wildman–Crippen MR) is 160 cm³/mol. The van der Waals surface area contributed by atoms with E-state index in [2.05, 4.69) is 14.8 Å². The summed E-state index contributed by atoms with van der Waals surface area (Å²) in [7, 11) is -8.01. The summed E-state index contributed by atoms with van der Waals surface area (Å²) in [5, 5.41) is 3.01. The van der Waals surface area contributed by atoms with E-state index < -0.39 is 26.0 Å². The molecule has 1 amide bonds. The Bertz CT molecular complexity index is 1830. The van der Waals surface area contributed by atoms with Gasteiger partial charge in [0.25, 0.3) is 26.0 Å². The van der Waals surface area contributed by atoms with Crippen LogP contribution in [0.3, 0.4) is 0 Å². The summed E-state index contributed by atoms with van der Waals surface area (Å²) in [6.07, 6.45) is 0. The summed E-state index contributed by atoms with van der Waals surface area (Å²) in [6, 6.07) is 19.3. The summed E-state index contributed by atoms with van der Waals surface area (Å²) in [5.74, 6) is -0.609. The second-order valence-electron chi connectivity index (χ2n) is 9.10. The summed E-state index contributed by atoms with van der Waals surface area (Å²) < 4.78 is 56.6. The zero-order valence-corrected chi connectivity index (χ0v) is 24.8. The van der Waals surface area contributed by atoms with E-state index in [-0.39, 0.29) is 20.4 Å². The summed E-state index contributed by atoms with van der Waals surface area (Å²) in [6.45, 7) is 5.59. The van der Waals surface area contributed by atoms with Gasteiger partial charge in [-0.1, -0.05) is 35.3 Å². The van der Waals surface area contributed by atoms with E-state index >= 15 is 0 Å². The van der Waals surface area contributed by atoms with Crippen LogP contribution in [0.25, 0.3) is 0 Å². The molecule has 0 unspecified atom stereocenters. The minimum atomic E-state index is -4.10. The number of amides is 1. The zero-order chi connectivity index (χ0) is 29.2. The molecular weight excluding hydrogens is 593 g/mol. The Kier molecular flexibility index (Phi) is 8.46. The van der Waals surface area contributed by atoms with Gasteiger partial charge in [-0.15, -0.1) is 0 Å². The van der Waals surface area contributed by atoms with Crippen molar-refractivity contribution in [2.45, 2.75) is 30.6 Å². The molecule has 0 atom stereocenters. The lowest BCUT2D eigenvalue weighted by atomic mass is 10.1.